The van der Waals surface area contributed by atoms with Crippen LogP contribution in [0.4, 0.5) is 0 Å². The van der Waals surface area contributed by atoms with E-state index in [1.165, 1.54) is 13.3 Å². The van der Waals surface area contributed by atoms with Crippen LogP contribution in [-0.2, 0) is 38.1 Å². The minimum atomic E-state index is -1.74. The van der Waals surface area contributed by atoms with Crippen LogP contribution in [0.3, 0.4) is 0 Å². The first kappa shape index (κ1) is 28.2. The van der Waals surface area contributed by atoms with Crippen molar-refractivity contribution in [2.24, 2.45) is 4.99 Å². The van der Waals surface area contributed by atoms with Gasteiger partial charge in [-0.15, -0.1) is 0 Å². The maximum atomic E-state index is 11.7. The van der Waals surface area contributed by atoms with Crippen molar-refractivity contribution in [2.45, 2.75) is 69.0 Å². The van der Waals surface area contributed by atoms with Gasteiger partial charge in [0, 0.05) is 20.3 Å². The summed E-state index contributed by atoms with van der Waals surface area (Å²) < 4.78 is 26.9. The summed E-state index contributed by atoms with van der Waals surface area (Å²) in [5.41, 5.74) is 0. The van der Waals surface area contributed by atoms with Crippen LogP contribution in [0.25, 0.3) is 0 Å². The Kier molecular flexibility index (Phi) is 12.6. The number of carboxylic acid groups (broad SMARTS) is 1. The molecule has 1 saturated heterocycles. The van der Waals surface area contributed by atoms with E-state index in [4.69, 9.17) is 23.7 Å². The van der Waals surface area contributed by atoms with Crippen LogP contribution in [0, 0.1) is 0 Å². The zero-order valence-corrected chi connectivity index (χ0v) is 18.4. The number of hydrogen-bond acceptors (Lipinski definition) is 12. The number of carbonyl (C=O) groups excluding carboxylic acids is 2. The molecule has 13 heteroatoms. The van der Waals surface area contributed by atoms with Crippen molar-refractivity contribution in [2.75, 3.05) is 27.4 Å². The lowest BCUT2D eigenvalue weighted by Crippen LogP contribution is -2.65. The molecular weight excluding hydrogens is 432 g/mol. The highest BCUT2D eigenvalue weighted by atomic mass is 16.7. The molecule has 0 bridgehead atoms. The normalized spacial score (nSPS) is 29.0. The highest BCUT2D eigenvalue weighted by Crippen LogP contribution is 2.25. The molecule has 0 spiro atoms. The largest absolute Gasteiger partial charge is 0.479 e. The molecule has 8 atom stereocenters. The summed E-state index contributed by atoms with van der Waals surface area (Å²) in [4.78, 5) is 37.9. The second-order valence-corrected chi connectivity index (χ2v) is 7.14. The molecule has 1 fully saturated rings. The zero-order valence-electron chi connectivity index (χ0n) is 18.4. The summed E-state index contributed by atoms with van der Waals surface area (Å²) in [6.07, 6.45) is -7.33. The fourth-order valence-corrected chi connectivity index (χ4v) is 3.00. The van der Waals surface area contributed by atoms with Gasteiger partial charge in [-0.25, -0.2) is 4.79 Å². The second-order valence-electron chi connectivity index (χ2n) is 7.14. The van der Waals surface area contributed by atoms with Gasteiger partial charge in [0.25, 0.3) is 0 Å². The molecule has 1 rings (SSSR count). The second kappa shape index (κ2) is 14.3. The number of aliphatic carboxylic acids is 1. The third-order valence-corrected chi connectivity index (χ3v) is 4.55. The number of aliphatic imine (C=N–C) groups is 1. The first-order chi connectivity index (χ1) is 15.2. The molecule has 184 valence electrons. The van der Waals surface area contributed by atoms with Crippen molar-refractivity contribution in [3.8, 4) is 0 Å². The maximum absolute atomic E-state index is 11.7. The van der Waals surface area contributed by atoms with E-state index in [-0.39, 0.29) is 18.9 Å². The lowest BCUT2D eigenvalue weighted by Gasteiger charge is -2.44. The molecule has 0 saturated carbocycles. The third-order valence-electron chi connectivity index (χ3n) is 4.55. The molecule has 8 unspecified atom stereocenters. The monoisotopic (exact) mass is 464 g/mol. The van der Waals surface area contributed by atoms with Crippen molar-refractivity contribution in [1.82, 2.24) is 5.32 Å². The number of rotatable bonds is 15. The van der Waals surface area contributed by atoms with Gasteiger partial charge in [0.2, 0.25) is 0 Å². The summed E-state index contributed by atoms with van der Waals surface area (Å²) in [5, 5.41) is 32.5. The van der Waals surface area contributed by atoms with Crippen LogP contribution in [0.1, 0.15) is 13.8 Å². The number of aliphatic hydroxyl groups excluding tert-OH is 2. The Morgan fingerprint density at radius 2 is 1.97 bits per heavy atom. The first-order valence-corrected chi connectivity index (χ1v) is 9.93. The Morgan fingerprint density at radius 1 is 1.28 bits per heavy atom. The number of nitrogens with one attached hydrogen (secondary N) is 1. The molecule has 1 aliphatic heterocycles. The molecule has 0 aromatic rings. The van der Waals surface area contributed by atoms with E-state index < -0.39 is 61.7 Å². The molecule has 1 aliphatic rings. The van der Waals surface area contributed by atoms with Gasteiger partial charge in [-0.1, -0.05) is 0 Å². The SMILES string of the molecule is COC(C=O)C(OC(/C=N/C(C)C)OC1C(O)C(CO)OC(OC)C1NCC=O)C(=O)O. The number of ether oxygens (including phenoxy) is 5. The number of carboxylic acids is 1. The van der Waals surface area contributed by atoms with Crippen molar-refractivity contribution in [3.63, 3.8) is 0 Å². The van der Waals surface area contributed by atoms with Crippen LogP contribution in [-0.4, -0.2) is 123 Å². The fourth-order valence-electron chi connectivity index (χ4n) is 3.00. The van der Waals surface area contributed by atoms with Crippen LogP contribution in [0.15, 0.2) is 4.99 Å². The smallest absolute Gasteiger partial charge is 0.336 e. The van der Waals surface area contributed by atoms with E-state index in [2.05, 4.69) is 10.3 Å². The van der Waals surface area contributed by atoms with E-state index >= 15 is 0 Å². The quantitative estimate of drug-likeness (QED) is 0.116. The third kappa shape index (κ3) is 7.94. The van der Waals surface area contributed by atoms with Crippen LogP contribution < -0.4 is 5.32 Å². The predicted octanol–water partition coefficient (Wildman–Crippen LogP) is -2.26. The van der Waals surface area contributed by atoms with Gasteiger partial charge in [-0.05, 0) is 13.8 Å². The zero-order chi connectivity index (χ0) is 24.3. The van der Waals surface area contributed by atoms with Crippen molar-refractivity contribution < 1.29 is 53.4 Å². The van der Waals surface area contributed by atoms with Crippen LogP contribution in [0.2, 0.25) is 0 Å². The summed E-state index contributed by atoms with van der Waals surface area (Å²) in [6.45, 7) is 2.81. The van der Waals surface area contributed by atoms with E-state index in [9.17, 15) is 29.7 Å². The number of hydrogen-bond donors (Lipinski definition) is 4. The molecule has 4 N–H and O–H groups in total. The Hall–Kier alpha value is -1.84. The number of aldehydes is 2. The standard InChI is InChI=1S/C19H32N2O11/c1-10(2)21-7-13(31-16(18(26)27)12(9-24)28-3)32-17-14(20-5-6-22)19(29-4)30-11(8-23)15(17)25/h6-7,9-17,19-20,23,25H,5,8H2,1-4H3,(H,26,27)/b21-7+. The average molecular weight is 464 g/mol. The molecule has 0 aliphatic carbocycles. The highest BCUT2D eigenvalue weighted by molar-refractivity contribution is 5.79. The Balaban J connectivity index is 3.26. The van der Waals surface area contributed by atoms with Crippen LogP contribution in [0.5, 0.6) is 0 Å². The molecule has 0 aromatic heterocycles. The minimum absolute atomic E-state index is 0.134. The molecule has 0 amide bonds. The summed E-state index contributed by atoms with van der Waals surface area (Å²) in [7, 11) is 2.47. The Bertz CT molecular complexity index is 618. The number of nitrogens with zero attached hydrogens (tertiary/aromatic N) is 1. The number of aliphatic hydroxyl groups is 2. The predicted molar refractivity (Wildman–Crippen MR) is 108 cm³/mol. The number of carbonyl (C=O) groups is 3. The fraction of sp³-hybridized carbons (Fsp3) is 0.789. The molecule has 0 radical (unpaired) electrons. The summed E-state index contributed by atoms with van der Waals surface area (Å²) >= 11 is 0. The molecular formula is C19H32N2O11. The average Bonchev–Trinajstić information content (AvgIpc) is 2.77. The molecule has 1 heterocycles. The van der Waals surface area contributed by atoms with Gasteiger partial charge in [0.15, 0.2) is 25.0 Å². The van der Waals surface area contributed by atoms with Gasteiger partial charge >= 0.3 is 5.97 Å². The summed E-state index contributed by atoms with van der Waals surface area (Å²) in [6, 6.07) is -1.12. The van der Waals surface area contributed by atoms with E-state index in [0.29, 0.717) is 6.29 Å². The molecule has 13 nitrogen and oxygen atoms in total. The van der Waals surface area contributed by atoms with Crippen LogP contribution >= 0.6 is 0 Å². The Morgan fingerprint density at radius 3 is 2.44 bits per heavy atom. The van der Waals surface area contributed by atoms with Gasteiger partial charge in [-0.2, -0.15) is 0 Å². The van der Waals surface area contributed by atoms with Gasteiger partial charge in [0.05, 0.1) is 25.4 Å². The van der Waals surface area contributed by atoms with E-state index in [1.807, 2.05) is 0 Å². The minimum Gasteiger partial charge on any atom is -0.479 e. The lowest BCUT2D eigenvalue weighted by molar-refractivity contribution is -0.291. The van der Waals surface area contributed by atoms with Gasteiger partial charge in [0.1, 0.15) is 30.7 Å². The molecule has 32 heavy (non-hydrogen) atoms. The van der Waals surface area contributed by atoms with Crippen molar-refractivity contribution in [3.05, 3.63) is 0 Å². The first-order valence-electron chi connectivity index (χ1n) is 9.93. The van der Waals surface area contributed by atoms with E-state index in [1.54, 1.807) is 13.8 Å². The van der Waals surface area contributed by atoms with Gasteiger partial charge < -0.3 is 53.9 Å². The highest BCUT2D eigenvalue weighted by Gasteiger charge is 2.47. The summed E-state index contributed by atoms with van der Waals surface area (Å²) in [5.74, 6) is -1.48. The van der Waals surface area contributed by atoms with E-state index in [0.717, 1.165) is 7.11 Å². The Labute approximate surface area is 185 Å². The lowest BCUT2D eigenvalue weighted by atomic mass is 9.96. The number of methoxy groups -OCH3 is 2. The van der Waals surface area contributed by atoms with Crippen molar-refractivity contribution in [1.29, 1.82) is 0 Å². The van der Waals surface area contributed by atoms with Gasteiger partial charge in [-0.3, -0.25) is 4.99 Å². The topological polar surface area (TPSA) is 182 Å². The maximum Gasteiger partial charge on any atom is 0.336 e. The molecule has 0 aromatic carbocycles. The van der Waals surface area contributed by atoms with Crippen molar-refractivity contribution >= 4 is 24.8 Å².